The van der Waals surface area contributed by atoms with Crippen molar-refractivity contribution >= 4 is 8.07 Å². The van der Waals surface area contributed by atoms with Gasteiger partial charge in [0.15, 0.2) is 0 Å². The first-order valence-corrected chi connectivity index (χ1v) is 6.53. The molecular weight excluding hydrogens is 116 g/mol. The van der Waals surface area contributed by atoms with Crippen LogP contribution in [-0.2, 0) is 0 Å². The maximum atomic E-state index is 9.17. The normalized spacial score (nSPS) is 12.8. The molecule has 0 aliphatic rings. The molecule has 1 nitrogen and oxygen atoms in total. The fourth-order valence-corrected chi connectivity index (χ4v) is 1.59. The van der Waals surface area contributed by atoms with Gasteiger partial charge < -0.3 is 5.11 Å². The van der Waals surface area contributed by atoms with Crippen molar-refractivity contribution in [3.05, 3.63) is 5.73 Å². The van der Waals surface area contributed by atoms with E-state index in [0.29, 0.717) is 0 Å². The molecule has 0 atom stereocenters. The lowest BCUT2D eigenvalue weighted by atomic mass is 10.5. The zero-order valence-corrected chi connectivity index (χ0v) is 7.15. The summed E-state index contributed by atoms with van der Waals surface area (Å²) >= 11 is 0. The first-order chi connectivity index (χ1) is 3.48. The van der Waals surface area contributed by atoms with Gasteiger partial charge in [-0.1, -0.05) is 26.6 Å². The second-order valence-corrected chi connectivity index (χ2v) is 8.13. The second-order valence-electron chi connectivity index (χ2n) is 3.05. The summed E-state index contributed by atoms with van der Waals surface area (Å²) in [5, 5.41) is 9.17. The van der Waals surface area contributed by atoms with Gasteiger partial charge in [0.25, 0.3) is 0 Å². The first-order valence-electron chi connectivity index (χ1n) is 3.03. The minimum atomic E-state index is -1.29. The highest BCUT2D eigenvalue weighted by Gasteiger charge is 2.23. The summed E-state index contributed by atoms with van der Waals surface area (Å²) in [6.45, 7) is 8.43. The predicted octanol–water partition coefficient (Wildman–Crippen LogP) is 2.18. The van der Waals surface area contributed by atoms with Gasteiger partial charge in [-0.25, -0.2) is 0 Å². The van der Waals surface area contributed by atoms with E-state index in [1.165, 1.54) is 0 Å². The molecule has 0 amide bonds. The average molecular weight is 131 g/mol. The Labute approximate surface area is 52.7 Å². The van der Waals surface area contributed by atoms with Gasteiger partial charge in [-0.15, -0.1) is 0 Å². The van der Waals surface area contributed by atoms with E-state index in [0.717, 1.165) is 12.1 Å². The minimum Gasteiger partial charge on any atom is -0.391 e. The molecule has 0 rings (SSSR count). The molecule has 0 aliphatic heterocycles. The standard InChI is InChI=1S/C6H15OSi/c1-5-6(7)8(2,3)4/h7H,5H2,1-4H3. The number of hydrogen-bond acceptors (Lipinski definition) is 1. The van der Waals surface area contributed by atoms with Gasteiger partial charge >= 0.3 is 0 Å². The summed E-state index contributed by atoms with van der Waals surface area (Å²) in [6, 6.07) is 0. The Morgan fingerprint density at radius 3 is 1.75 bits per heavy atom. The monoisotopic (exact) mass is 131 g/mol. The number of aliphatic hydroxyl groups excluding tert-OH is 1. The van der Waals surface area contributed by atoms with Crippen LogP contribution in [0.4, 0.5) is 0 Å². The Morgan fingerprint density at radius 1 is 1.38 bits per heavy atom. The highest BCUT2D eigenvalue weighted by Crippen LogP contribution is 2.16. The molecule has 1 N–H and O–H groups in total. The SMILES string of the molecule is CC[C](O)[Si](C)(C)C. The van der Waals surface area contributed by atoms with Gasteiger partial charge in [-0.05, 0) is 6.42 Å². The van der Waals surface area contributed by atoms with Crippen molar-refractivity contribution in [3.63, 3.8) is 0 Å². The van der Waals surface area contributed by atoms with Crippen LogP contribution in [0, 0.1) is 5.73 Å². The molecule has 0 heterocycles. The number of hydrogen-bond donors (Lipinski definition) is 1. The van der Waals surface area contributed by atoms with E-state index in [1.807, 2.05) is 6.92 Å². The average Bonchev–Trinajstić information content (AvgIpc) is 1.62. The van der Waals surface area contributed by atoms with Crippen molar-refractivity contribution in [2.24, 2.45) is 0 Å². The Balaban J connectivity index is 3.62. The van der Waals surface area contributed by atoms with E-state index in [1.54, 1.807) is 0 Å². The third kappa shape index (κ3) is 2.48. The molecule has 0 spiro atoms. The largest absolute Gasteiger partial charge is 0.391 e. The molecule has 0 aromatic rings. The molecular formula is C6H15OSi. The molecule has 0 unspecified atom stereocenters. The summed E-state index contributed by atoms with van der Waals surface area (Å²) in [5.74, 6) is 0. The summed E-state index contributed by atoms with van der Waals surface area (Å²) < 4.78 is 0. The molecule has 1 radical (unpaired) electrons. The van der Waals surface area contributed by atoms with Gasteiger partial charge in [0, 0.05) is 0 Å². The van der Waals surface area contributed by atoms with Crippen molar-refractivity contribution in [3.8, 4) is 0 Å². The van der Waals surface area contributed by atoms with Crippen LogP contribution < -0.4 is 0 Å². The number of aliphatic hydroxyl groups is 1. The lowest BCUT2D eigenvalue weighted by molar-refractivity contribution is 0.341. The third-order valence-corrected chi connectivity index (χ3v) is 3.29. The molecule has 2 heteroatoms. The van der Waals surface area contributed by atoms with E-state index in [4.69, 9.17) is 0 Å². The van der Waals surface area contributed by atoms with Gasteiger partial charge in [-0.3, -0.25) is 0 Å². The van der Waals surface area contributed by atoms with Crippen LogP contribution in [0.25, 0.3) is 0 Å². The van der Waals surface area contributed by atoms with Crippen molar-refractivity contribution in [1.29, 1.82) is 0 Å². The van der Waals surface area contributed by atoms with Crippen molar-refractivity contribution in [1.82, 2.24) is 0 Å². The smallest absolute Gasteiger partial charge is 0.0854 e. The molecule has 49 valence electrons. The zero-order valence-electron chi connectivity index (χ0n) is 6.15. The Kier molecular flexibility index (Phi) is 2.70. The molecule has 0 saturated heterocycles. The fraction of sp³-hybridized carbons (Fsp3) is 0.833. The summed E-state index contributed by atoms with van der Waals surface area (Å²) in [6.07, 6.45) is 0.829. The summed E-state index contributed by atoms with van der Waals surface area (Å²) in [7, 11) is -1.29. The van der Waals surface area contributed by atoms with E-state index in [-0.39, 0.29) is 0 Å². The van der Waals surface area contributed by atoms with Crippen molar-refractivity contribution in [2.45, 2.75) is 33.0 Å². The van der Waals surface area contributed by atoms with Crippen LogP contribution in [-0.4, -0.2) is 13.2 Å². The second kappa shape index (κ2) is 2.64. The maximum Gasteiger partial charge on any atom is 0.0854 e. The van der Waals surface area contributed by atoms with Gasteiger partial charge in [-0.2, -0.15) is 0 Å². The van der Waals surface area contributed by atoms with Crippen LogP contribution >= 0.6 is 0 Å². The predicted molar refractivity (Wildman–Crippen MR) is 38.8 cm³/mol. The summed E-state index contributed by atoms with van der Waals surface area (Å²) in [5.41, 5.74) is 0.720. The Hall–Kier alpha value is 0.177. The Bertz CT molecular complexity index is 65.4. The third-order valence-electron chi connectivity index (χ3n) is 1.20. The summed E-state index contributed by atoms with van der Waals surface area (Å²) in [4.78, 5) is 0. The highest BCUT2D eigenvalue weighted by molar-refractivity contribution is 6.80. The van der Waals surface area contributed by atoms with Gasteiger partial charge in [0.1, 0.15) is 0 Å². The van der Waals surface area contributed by atoms with Crippen LogP contribution in [0.15, 0.2) is 0 Å². The molecule has 0 aliphatic carbocycles. The van der Waals surface area contributed by atoms with Crippen molar-refractivity contribution < 1.29 is 5.11 Å². The lowest BCUT2D eigenvalue weighted by Crippen LogP contribution is -2.30. The van der Waals surface area contributed by atoms with Gasteiger partial charge in [0.05, 0.1) is 13.8 Å². The van der Waals surface area contributed by atoms with Crippen LogP contribution in [0.2, 0.25) is 19.6 Å². The lowest BCUT2D eigenvalue weighted by Gasteiger charge is -2.20. The van der Waals surface area contributed by atoms with Crippen LogP contribution in [0.5, 0.6) is 0 Å². The van der Waals surface area contributed by atoms with Crippen LogP contribution in [0.3, 0.4) is 0 Å². The minimum absolute atomic E-state index is 0.720. The topological polar surface area (TPSA) is 20.2 Å². The maximum absolute atomic E-state index is 9.17. The highest BCUT2D eigenvalue weighted by atomic mass is 28.3. The molecule has 8 heavy (non-hydrogen) atoms. The Morgan fingerprint density at radius 2 is 1.75 bits per heavy atom. The van der Waals surface area contributed by atoms with E-state index < -0.39 is 8.07 Å². The van der Waals surface area contributed by atoms with Crippen molar-refractivity contribution in [2.75, 3.05) is 0 Å². The van der Waals surface area contributed by atoms with E-state index >= 15 is 0 Å². The molecule has 0 fully saturated rings. The van der Waals surface area contributed by atoms with E-state index in [9.17, 15) is 5.11 Å². The quantitative estimate of drug-likeness (QED) is 0.569. The van der Waals surface area contributed by atoms with Crippen LogP contribution in [0.1, 0.15) is 13.3 Å². The zero-order chi connectivity index (χ0) is 6.78. The van der Waals surface area contributed by atoms with Gasteiger partial charge in [0.2, 0.25) is 0 Å². The number of rotatable bonds is 2. The van der Waals surface area contributed by atoms with E-state index in [2.05, 4.69) is 19.6 Å². The fourth-order valence-electron chi connectivity index (χ4n) is 0.530. The molecule has 0 aromatic carbocycles. The molecule has 0 saturated carbocycles. The first kappa shape index (κ1) is 8.18. The molecule has 0 aromatic heterocycles. The molecule has 0 bridgehead atoms.